The molecule has 1 saturated carbocycles. The number of carbonyl (C=O) groups excluding carboxylic acids is 1. The van der Waals surface area contributed by atoms with E-state index in [1.165, 1.54) is 17.1 Å². The molecule has 3 fully saturated rings. The highest BCUT2D eigenvalue weighted by atomic mass is 32.2. The Balaban J connectivity index is 1.01. The third-order valence-corrected chi connectivity index (χ3v) is 10.4. The second-order valence-corrected chi connectivity index (χ2v) is 12.8. The highest BCUT2D eigenvalue weighted by molar-refractivity contribution is 7.89. The van der Waals surface area contributed by atoms with Crippen LogP contribution in [0.3, 0.4) is 0 Å². The molecule has 2 saturated heterocycles. The van der Waals surface area contributed by atoms with Crippen LogP contribution in [0.5, 0.6) is 0 Å². The topological polar surface area (TPSA) is 114 Å². The summed E-state index contributed by atoms with van der Waals surface area (Å²) in [6.07, 6.45) is 8.44. The van der Waals surface area contributed by atoms with Crippen molar-refractivity contribution < 1.29 is 13.2 Å². The molecule has 10 nitrogen and oxygen atoms in total. The Morgan fingerprint density at radius 1 is 0.972 bits per heavy atom. The predicted molar refractivity (Wildman–Crippen MR) is 135 cm³/mol. The van der Waals surface area contributed by atoms with Crippen LogP contribution in [0.4, 0.5) is 0 Å². The van der Waals surface area contributed by atoms with E-state index >= 15 is 0 Å². The number of aromatic nitrogens is 5. The zero-order chi connectivity index (χ0) is 24.7. The maximum atomic E-state index is 13.3. The van der Waals surface area contributed by atoms with Gasteiger partial charge >= 0.3 is 0 Å². The first-order valence-corrected chi connectivity index (χ1v) is 15.0. The quantitative estimate of drug-likeness (QED) is 0.462. The molecular formula is C24H31N7O3S2. The average Bonchev–Trinajstić information content (AvgIpc) is 3.40. The summed E-state index contributed by atoms with van der Waals surface area (Å²) in [6.45, 7) is 3.25. The van der Waals surface area contributed by atoms with Crippen molar-refractivity contribution in [2.45, 2.75) is 56.4 Å². The molecule has 1 aliphatic carbocycles. The van der Waals surface area contributed by atoms with Gasteiger partial charge in [0.25, 0.3) is 0 Å². The third kappa shape index (κ3) is 4.78. The second kappa shape index (κ2) is 9.79. The van der Waals surface area contributed by atoms with Gasteiger partial charge in [0, 0.05) is 45.1 Å². The van der Waals surface area contributed by atoms with Crippen molar-refractivity contribution in [3.05, 3.63) is 30.4 Å². The smallest absolute Gasteiger partial charge is 0.245 e. The Bertz CT molecular complexity index is 1330. The number of likely N-dealkylation sites (tertiary alicyclic amines) is 1. The number of amides is 1. The van der Waals surface area contributed by atoms with Crippen LogP contribution < -0.4 is 0 Å². The maximum absolute atomic E-state index is 13.3. The zero-order valence-corrected chi connectivity index (χ0v) is 21.8. The lowest BCUT2D eigenvalue weighted by Crippen LogP contribution is -2.46. The molecule has 0 atom stereocenters. The van der Waals surface area contributed by atoms with E-state index in [-0.39, 0.29) is 16.7 Å². The van der Waals surface area contributed by atoms with Gasteiger partial charge in [-0.2, -0.15) is 13.1 Å². The first-order valence-electron chi connectivity index (χ1n) is 12.9. The molecule has 0 radical (unpaired) electrons. The molecule has 192 valence electrons. The van der Waals surface area contributed by atoms with Gasteiger partial charge in [-0.05, 0) is 62.5 Å². The number of benzene rings is 1. The summed E-state index contributed by atoms with van der Waals surface area (Å²) in [5, 5.41) is 8.48. The van der Waals surface area contributed by atoms with E-state index in [4.69, 9.17) is 0 Å². The maximum Gasteiger partial charge on any atom is 0.245 e. The van der Waals surface area contributed by atoms with Crippen LogP contribution in [-0.2, 0) is 27.8 Å². The van der Waals surface area contributed by atoms with E-state index in [1.807, 2.05) is 11.2 Å². The van der Waals surface area contributed by atoms with Crippen LogP contribution in [0.1, 0.15) is 44.3 Å². The Morgan fingerprint density at radius 3 is 2.50 bits per heavy atom. The Labute approximate surface area is 215 Å². The number of piperidine rings is 2. The van der Waals surface area contributed by atoms with Gasteiger partial charge in [-0.1, -0.05) is 6.07 Å². The Kier molecular flexibility index (Phi) is 6.51. The minimum absolute atomic E-state index is 0.119. The van der Waals surface area contributed by atoms with Gasteiger partial charge in [0.15, 0.2) is 0 Å². The molecule has 4 heterocycles. The molecule has 0 bridgehead atoms. The van der Waals surface area contributed by atoms with E-state index in [9.17, 15) is 13.2 Å². The fourth-order valence-electron chi connectivity index (χ4n) is 5.51. The molecule has 2 aromatic heterocycles. The molecule has 0 N–H and O–H groups in total. The lowest BCUT2D eigenvalue weighted by molar-refractivity contribution is -0.138. The number of hydrogen-bond acceptors (Lipinski definition) is 8. The fraction of sp³-hybridized carbons (Fsp3) is 0.625. The van der Waals surface area contributed by atoms with Crippen molar-refractivity contribution in [2.75, 3.05) is 26.2 Å². The average molecular weight is 530 g/mol. The van der Waals surface area contributed by atoms with E-state index in [0.29, 0.717) is 42.9 Å². The van der Waals surface area contributed by atoms with E-state index in [2.05, 4.69) is 23.5 Å². The van der Waals surface area contributed by atoms with E-state index in [0.717, 1.165) is 62.4 Å². The molecule has 0 unspecified atom stereocenters. The van der Waals surface area contributed by atoms with Crippen molar-refractivity contribution in [3.8, 4) is 0 Å². The van der Waals surface area contributed by atoms with Crippen molar-refractivity contribution in [1.82, 2.24) is 32.7 Å². The molecule has 0 spiro atoms. The van der Waals surface area contributed by atoms with Gasteiger partial charge < -0.3 is 9.47 Å². The molecular weight excluding hydrogens is 498 g/mol. The van der Waals surface area contributed by atoms with E-state index in [1.54, 1.807) is 18.2 Å². The summed E-state index contributed by atoms with van der Waals surface area (Å²) in [5.74, 6) is 2.44. The standard InChI is InChI=1S/C24H31N7O3S2/c32-24(29-10-6-17(7-11-29)14-22-26-25-16-30(22)15-18-4-5-18)19-8-12-31(13-9-19)36(33,34)21-3-1-2-20-23(21)28-35-27-20/h1-3,16-19H,4-15H2. The van der Waals surface area contributed by atoms with Crippen LogP contribution in [0, 0.1) is 17.8 Å². The fourth-order valence-corrected chi connectivity index (χ4v) is 7.74. The number of nitrogens with zero attached hydrogens (tertiary/aromatic N) is 7. The number of hydrogen-bond donors (Lipinski definition) is 0. The summed E-state index contributed by atoms with van der Waals surface area (Å²) < 4.78 is 38.6. The normalized spacial score (nSPS) is 20.8. The summed E-state index contributed by atoms with van der Waals surface area (Å²) in [7, 11) is -3.67. The second-order valence-electron chi connectivity index (χ2n) is 10.4. The first kappa shape index (κ1) is 23.9. The Morgan fingerprint density at radius 2 is 1.75 bits per heavy atom. The van der Waals surface area contributed by atoms with Gasteiger partial charge in [0.05, 0.1) is 11.7 Å². The summed E-state index contributed by atoms with van der Waals surface area (Å²) in [4.78, 5) is 15.4. The van der Waals surface area contributed by atoms with E-state index < -0.39 is 10.0 Å². The molecule has 1 aromatic carbocycles. The third-order valence-electron chi connectivity index (χ3n) is 7.91. The Hall–Kier alpha value is -2.44. The van der Waals surface area contributed by atoms with Crippen LogP contribution in [0.15, 0.2) is 29.4 Å². The van der Waals surface area contributed by atoms with Crippen LogP contribution in [0.25, 0.3) is 11.0 Å². The van der Waals surface area contributed by atoms with Crippen molar-refractivity contribution in [3.63, 3.8) is 0 Å². The molecule has 12 heteroatoms. The number of sulfonamides is 1. The number of rotatable bonds is 7. The number of carbonyl (C=O) groups is 1. The van der Waals surface area contributed by atoms with Gasteiger partial charge in [0.1, 0.15) is 28.1 Å². The molecule has 1 amide bonds. The van der Waals surface area contributed by atoms with Crippen molar-refractivity contribution in [1.29, 1.82) is 0 Å². The molecule has 3 aliphatic rings. The lowest BCUT2D eigenvalue weighted by Gasteiger charge is -2.37. The van der Waals surface area contributed by atoms with Crippen molar-refractivity contribution in [2.24, 2.45) is 17.8 Å². The largest absolute Gasteiger partial charge is 0.342 e. The highest BCUT2D eigenvalue weighted by Crippen LogP contribution is 2.32. The minimum Gasteiger partial charge on any atom is -0.342 e. The molecule has 3 aromatic rings. The number of fused-ring (bicyclic) bond motifs is 1. The predicted octanol–water partition coefficient (Wildman–Crippen LogP) is 2.57. The molecule has 6 rings (SSSR count). The van der Waals surface area contributed by atoms with Crippen LogP contribution in [-0.4, -0.2) is 73.2 Å². The first-order chi connectivity index (χ1) is 17.5. The monoisotopic (exact) mass is 529 g/mol. The van der Waals surface area contributed by atoms with Crippen LogP contribution in [0.2, 0.25) is 0 Å². The summed E-state index contributed by atoms with van der Waals surface area (Å²) in [5.41, 5.74) is 1.02. The lowest BCUT2D eigenvalue weighted by atomic mass is 9.90. The SMILES string of the molecule is O=C(C1CCN(S(=O)(=O)c2cccc3nsnc23)CC1)N1CCC(Cc2nncn2CC2CC2)CC1. The van der Waals surface area contributed by atoms with Gasteiger partial charge in [-0.15, -0.1) is 10.2 Å². The van der Waals surface area contributed by atoms with Gasteiger partial charge in [-0.25, -0.2) is 8.42 Å². The molecule has 2 aliphatic heterocycles. The van der Waals surface area contributed by atoms with Crippen molar-refractivity contribution >= 4 is 38.7 Å². The minimum atomic E-state index is -3.67. The summed E-state index contributed by atoms with van der Waals surface area (Å²) in [6, 6.07) is 5.06. The molecule has 36 heavy (non-hydrogen) atoms. The zero-order valence-electron chi connectivity index (χ0n) is 20.2. The van der Waals surface area contributed by atoms with Gasteiger partial charge in [0.2, 0.25) is 15.9 Å². The highest BCUT2D eigenvalue weighted by Gasteiger charge is 2.36. The van der Waals surface area contributed by atoms with Gasteiger partial charge in [-0.3, -0.25) is 4.79 Å². The summed E-state index contributed by atoms with van der Waals surface area (Å²) >= 11 is 1.02. The van der Waals surface area contributed by atoms with Crippen LogP contribution >= 0.6 is 11.7 Å².